The highest BCUT2D eigenvalue weighted by Crippen LogP contribution is 2.22. The van der Waals surface area contributed by atoms with Gasteiger partial charge in [0.1, 0.15) is 11.8 Å². The van der Waals surface area contributed by atoms with Gasteiger partial charge in [-0.1, -0.05) is 12.1 Å². The first-order valence-electron chi connectivity index (χ1n) is 6.39. The first kappa shape index (κ1) is 12.9. The number of benzene rings is 1. The Labute approximate surface area is 107 Å². The molecule has 1 aromatic carbocycles. The molecule has 4 heteroatoms. The fourth-order valence-corrected chi connectivity index (χ4v) is 2.43. The van der Waals surface area contributed by atoms with E-state index in [4.69, 9.17) is 9.84 Å². The maximum absolute atomic E-state index is 11.1. The number of nitrogens with zero attached hydrogens (tertiary/aromatic N) is 1. The van der Waals surface area contributed by atoms with Crippen LogP contribution in [0.25, 0.3) is 0 Å². The van der Waals surface area contributed by atoms with Crippen LogP contribution >= 0.6 is 0 Å². The Bertz CT molecular complexity index is 419. The van der Waals surface area contributed by atoms with Crippen LogP contribution in [0.15, 0.2) is 24.3 Å². The van der Waals surface area contributed by atoms with Crippen molar-refractivity contribution in [3.8, 4) is 5.75 Å². The normalized spacial score (nSPS) is 19.9. The number of carboxylic acid groups (broad SMARTS) is 1. The van der Waals surface area contributed by atoms with Crippen molar-refractivity contribution in [2.24, 2.45) is 0 Å². The van der Waals surface area contributed by atoms with Gasteiger partial charge in [-0.2, -0.15) is 0 Å². The zero-order valence-corrected chi connectivity index (χ0v) is 10.6. The lowest BCUT2D eigenvalue weighted by atomic mass is 10.1. The van der Waals surface area contributed by atoms with Gasteiger partial charge in [0, 0.05) is 6.54 Å². The molecule has 0 saturated carbocycles. The van der Waals surface area contributed by atoms with E-state index in [2.05, 4.69) is 0 Å². The standard InChI is InChI=1S/C14H19NO3/c1-2-18-12-6-3-5-11(9-12)10-15-8-4-7-13(15)14(16)17/h3,5-6,9,13H,2,4,7-8,10H2,1H3,(H,16,17). The third-order valence-corrected chi connectivity index (χ3v) is 3.24. The zero-order valence-electron chi connectivity index (χ0n) is 10.6. The molecule has 98 valence electrons. The molecule has 1 heterocycles. The van der Waals surface area contributed by atoms with E-state index in [0.717, 1.165) is 30.7 Å². The Hall–Kier alpha value is -1.55. The molecule has 0 bridgehead atoms. The first-order chi connectivity index (χ1) is 8.70. The molecule has 0 aromatic heterocycles. The highest BCUT2D eigenvalue weighted by atomic mass is 16.5. The van der Waals surface area contributed by atoms with E-state index in [-0.39, 0.29) is 6.04 Å². The third kappa shape index (κ3) is 3.01. The molecular formula is C14H19NO3. The van der Waals surface area contributed by atoms with Crippen LogP contribution in [0.4, 0.5) is 0 Å². The summed E-state index contributed by atoms with van der Waals surface area (Å²) in [6, 6.07) is 7.54. The van der Waals surface area contributed by atoms with Crippen LogP contribution in [0.2, 0.25) is 0 Å². The van der Waals surface area contributed by atoms with Crippen LogP contribution in [-0.4, -0.2) is 35.2 Å². The first-order valence-corrected chi connectivity index (χ1v) is 6.39. The maximum atomic E-state index is 11.1. The summed E-state index contributed by atoms with van der Waals surface area (Å²) in [5.74, 6) is 0.134. The molecule has 0 spiro atoms. The summed E-state index contributed by atoms with van der Waals surface area (Å²) in [6.45, 7) is 4.13. The number of hydrogen-bond acceptors (Lipinski definition) is 3. The molecule has 1 saturated heterocycles. The number of likely N-dealkylation sites (tertiary alicyclic amines) is 1. The number of carboxylic acids is 1. The average Bonchev–Trinajstić information content (AvgIpc) is 2.78. The van der Waals surface area contributed by atoms with E-state index in [9.17, 15) is 4.79 Å². The second-order valence-electron chi connectivity index (χ2n) is 4.55. The Morgan fingerprint density at radius 2 is 2.39 bits per heavy atom. The number of carbonyl (C=O) groups is 1. The van der Waals surface area contributed by atoms with Crippen LogP contribution in [0.5, 0.6) is 5.75 Å². The number of rotatable bonds is 5. The molecule has 2 rings (SSSR count). The van der Waals surface area contributed by atoms with Crippen LogP contribution in [0.1, 0.15) is 25.3 Å². The van der Waals surface area contributed by atoms with Crippen LogP contribution in [0, 0.1) is 0 Å². The lowest BCUT2D eigenvalue weighted by molar-refractivity contribution is -0.142. The summed E-state index contributed by atoms with van der Waals surface area (Å²) < 4.78 is 5.45. The average molecular weight is 249 g/mol. The van der Waals surface area contributed by atoms with Crippen molar-refractivity contribution in [2.45, 2.75) is 32.4 Å². The molecule has 1 atom stereocenters. The van der Waals surface area contributed by atoms with Crippen LogP contribution < -0.4 is 4.74 Å². The van der Waals surface area contributed by atoms with Gasteiger partial charge in [-0.3, -0.25) is 9.69 Å². The summed E-state index contributed by atoms with van der Waals surface area (Å²) in [7, 11) is 0. The lowest BCUT2D eigenvalue weighted by Gasteiger charge is -2.21. The van der Waals surface area contributed by atoms with Gasteiger partial charge in [-0.15, -0.1) is 0 Å². The predicted molar refractivity (Wildman–Crippen MR) is 68.7 cm³/mol. The molecule has 0 radical (unpaired) electrons. The molecular weight excluding hydrogens is 230 g/mol. The molecule has 1 aliphatic heterocycles. The van der Waals surface area contributed by atoms with Crippen molar-refractivity contribution in [3.63, 3.8) is 0 Å². The van der Waals surface area contributed by atoms with Crippen molar-refractivity contribution in [1.82, 2.24) is 4.90 Å². The molecule has 4 nitrogen and oxygen atoms in total. The van der Waals surface area contributed by atoms with Gasteiger partial charge in [-0.25, -0.2) is 0 Å². The molecule has 1 aromatic rings. The van der Waals surface area contributed by atoms with Crippen molar-refractivity contribution >= 4 is 5.97 Å². The molecule has 1 fully saturated rings. The number of aliphatic carboxylic acids is 1. The molecule has 18 heavy (non-hydrogen) atoms. The van der Waals surface area contributed by atoms with Gasteiger partial charge in [-0.05, 0) is 44.0 Å². The largest absolute Gasteiger partial charge is 0.494 e. The summed E-state index contributed by atoms with van der Waals surface area (Å²) in [6.07, 6.45) is 1.71. The van der Waals surface area contributed by atoms with Crippen molar-refractivity contribution in [2.75, 3.05) is 13.2 Å². The summed E-state index contributed by atoms with van der Waals surface area (Å²) in [5, 5.41) is 9.13. The van der Waals surface area contributed by atoms with Crippen LogP contribution in [0.3, 0.4) is 0 Å². The van der Waals surface area contributed by atoms with Crippen molar-refractivity contribution in [1.29, 1.82) is 0 Å². The molecule has 1 aliphatic rings. The van der Waals surface area contributed by atoms with E-state index >= 15 is 0 Å². The smallest absolute Gasteiger partial charge is 0.320 e. The summed E-state index contributed by atoms with van der Waals surface area (Å²) in [5.41, 5.74) is 1.11. The van der Waals surface area contributed by atoms with Gasteiger partial charge in [0.15, 0.2) is 0 Å². The maximum Gasteiger partial charge on any atom is 0.320 e. The van der Waals surface area contributed by atoms with E-state index in [1.165, 1.54) is 0 Å². The van der Waals surface area contributed by atoms with E-state index in [1.807, 2.05) is 36.1 Å². The molecule has 1 N–H and O–H groups in total. The van der Waals surface area contributed by atoms with Gasteiger partial charge in [0.2, 0.25) is 0 Å². The minimum Gasteiger partial charge on any atom is -0.494 e. The van der Waals surface area contributed by atoms with Crippen molar-refractivity contribution in [3.05, 3.63) is 29.8 Å². The second-order valence-corrected chi connectivity index (χ2v) is 4.55. The quantitative estimate of drug-likeness (QED) is 0.868. The van der Waals surface area contributed by atoms with Gasteiger partial charge in [0.25, 0.3) is 0 Å². The second kappa shape index (κ2) is 5.87. The highest BCUT2D eigenvalue weighted by Gasteiger charge is 2.30. The topological polar surface area (TPSA) is 49.8 Å². The molecule has 1 unspecified atom stereocenters. The third-order valence-electron chi connectivity index (χ3n) is 3.24. The lowest BCUT2D eigenvalue weighted by Crippen LogP contribution is -2.35. The monoisotopic (exact) mass is 249 g/mol. The predicted octanol–water partition coefficient (Wildman–Crippen LogP) is 2.13. The fourth-order valence-electron chi connectivity index (χ4n) is 2.43. The highest BCUT2D eigenvalue weighted by molar-refractivity contribution is 5.73. The molecule has 0 aliphatic carbocycles. The minimum absolute atomic E-state index is 0.333. The minimum atomic E-state index is -0.714. The van der Waals surface area contributed by atoms with E-state index < -0.39 is 5.97 Å². The van der Waals surface area contributed by atoms with E-state index in [1.54, 1.807) is 0 Å². The molecule has 0 amide bonds. The zero-order chi connectivity index (χ0) is 13.0. The van der Waals surface area contributed by atoms with Gasteiger partial charge in [0.05, 0.1) is 6.61 Å². The Balaban J connectivity index is 2.04. The number of hydrogen-bond donors (Lipinski definition) is 1. The van der Waals surface area contributed by atoms with Gasteiger partial charge < -0.3 is 9.84 Å². The van der Waals surface area contributed by atoms with Crippen molar-refractivity contribution < 1.29 is 14.6 Å². The van der Waals surface area contributed by atoms with Crippen LogP contribution in [-0.2, 0) is 11.3 Å². The summed E-state index contributed by atoms with van der Waals surface area (Å²) in [4.78, 5) is 13.1. The number of ether oxygens (including phenoxy) is 1. The Morgan fingerprint density at radius 1 is 1.56 bits per heavy atom. The summed E-state index contributed by atoms with van der Waals surface area (Å²) >= 11 is 0. The Kier molecular flexibility index (Phi) is 4.20. The van der Waals surface area contributed by atoms with Gasteiger partial charge >= 0.3 is 5.97 Å². The van der Waals surface area contributed by atoms with E-state index in [0.29, 0.717) is 13.2 Å². The fraction of sp³-hybridized carbons (Fsp3) is 0.500. The SMILES string of the molecule is CCOc1cccc(CN2CCCC2C(=O)O)c1. The Morgan fingerprint density at radius 3 is 3.11 bits per heavy atom.